The van der Waals surface area contributed by atoms with E-state index in [-0.39, 0.29) is 5.69 Å². The summed E-state index contributed by atoms with van der Waals surface area (Å²) in [6, 6.07) is 0. The van der Waals surface area contributed by atoms with Crippen LogP contribution in [0.5, 0.6) is 11.5 Å². The molecule has 0 spiro atoms. The summed E-state index contributed by atoms with van der Waals surface area (Å²) in [5.41, 5.74) is -1.26. The molecule has 0 atom stereocenters. The Morgan fingerprint density at radius 3 is 2.56 bits per heavy atom. The second-order valence-corrected chi connectivity index (χ2v) is 2.71. The van der Waals surface area contributed by atoms with Crippen molar-refractivity contribution >= 4 is 5.69 Å². The van der Waals surface area contributed by atoms with Gasteiger partial charge in [-0.25, -0.2) is 0 Å². The van der Waals surface area contributed by atoms with E-state index in [1.165, 1.54) is 6.92 Å². The average molecular weight is 238 g/mol. The Kier molecular flexibility index (Phi) is 2.88. The predicted octanol–water partition coefficient (Wildman–Crippen LogP) is 1.90. The van der Waals surface area contributed by atoms with Gasteiger partial charge in [0.2, 0.25) is 0 Å². The van der Waals surface area contributed by atoms with Gasteiger partial charge in [0.15, 0.2) is 5.75 Å². The Morgan fingerprint density at radius 2 is 2.12 bits per heavy atom. The van der Waals surface area contributed by atoms with E-state index in [1.54, 1.807) is 0 Å². The summed E-state index contributed by atoms with van der Waals surface area (Å²) in [5, 5.41) is 19.6. The molecule has 0 aliphatic carbocycles. The summed E-state index contributed by atoms with van der Waals surface area (Å²) < 4.78 is 39.1. The Morgan fingerprint density at radius 1 is 1.56 bits per heavy atom. The minimum atomic E-state index is -5.13. The second-order valence-electron chi connectivity index (χ2n) is 2.71. The van der Waals surface area contributed by atoms with Crippen LogP contribution in [-0.2, 0) is 0 Å². The summed E-state index contributed by atoms with van der Waals surface area (Å²) in [6.07, 6.45) is -4.55. The molecule has 0 unspecified atom stereocenters. The van der Waals surface area contributed by atoms with E-state index in [0.29, 0.717) is 6.20 Å². The van der Waals surface area contributed by atoms with Crippen LogP contribution in [0.1, 0.15) is 5.69 Å². The number of aryl methyl sites for hydroxylation is 1. The highest BCUT2D eigenvalue weighted by Crippen LogP contribution is 2.40. The molecule has 0 bridgehead atoms. The largest absolute Gasteiger partial charge is 0.573 e. The molecular formula is C7H5F3N2O4. The van der Waals surface area contributed by atoms with Gasteiger partial charge in [-0.1, -0.05) is 0 Å². The molecule has 0 saturated heterocycles. The maximum Gasteiger partial charge on any atom is 0.573 e. The van der Waals surface area contributed by atoms with Crippen LogP contribution >= 0.6 is 0 Å². The van der Waals surface area contributed by atoms with Crippen molar-refractivity contribution in [1.29, 1.82) is 0 Å². The van der Waals surface area contributed by atoms with Gasteiger partial charge < -0.3 is 9.84 Å². The van der Waals surface area contributed by atoms with Gasteiger partial charge >= 0.3 is 12.0 Å². The molecule has 16 heavy (non-hydrogen) atoms. The number of aromatic nitrogens is 1. The van der Waals surface area contributed by atoms with Crippen LogP contribution in [0.4, 0.5) is 18.9 Å². The van der Waals surface area contributed by atoms with Crippen molar-refractivity contribution in [3.05, 3.63) is 22.0 Å². The number of nitro groups is 1. The third-order valence-corrected chi connectivity index (χ3v) is 1.59. The molecule has 0 aromatic carbocycles. The Balaban J connectivity index is 3.32. The van der Waals surface area contributed by atoms with Crippen molar-refractivity contribution in [1.82, 2.24) is 4.98 Å². The first-order chi connectivity index (χ1) is 7.22. The van der Waals surface area contributed by atoms with E-state index in [1.807, 2.05) is 0 Å². The van der Waals surface area contributed by atoms with E-state index in [4.69, 9.17) is 0 Å². The minimum absolute atomic E-state index is 0.204. The predicted molar refractivity (Wildman–Crippen MR) is 44.0 cm³/mol. The lowest BCUT2D eigenvalue weighted by atomic mass is 10.3. The number of rotatable bonds is 2. The first-order valence-electron chi connectivity index (χ1n) is 3.81. The first kappa shape index (κ1) is 12.0. The summed E-state index contributed by atoms with van der Waals surface area (Å²) in [7, 11) is 0. The maximum atomic E-state index is 11.9. The molecule has 0 amide bonds. The molecule has 0 fully saturated rings. The molecule has 0 aliphatic heterocycles. The molecule has 1 N–H and O–H groups in total. The van der Waals surface area contributed by atoms with Gasteiger partial charge in [0.1, 0.15) is 6.20 Å². The molecule has 1 rings (SSSR count). The van der Waals surface area contributed by atoms with E-state index in [9.17, 15) is 28.4 Å². The van der Waals surface area contributed by atoms with Crippen LogP contribution in [-0.4, -0.2) is 21.4 Å². The topological polar surface area (TPSA) is 85.5 Å². The van der Waals surface area contributed by atoms with E-state index < -0.39 is 28.5 Å². The lowest BCUT2D eigenvalue weighted by molar-refractivity contribution is -0.389. The Labute approximate surface area is 86.4 Å². The lowest BCUT2D eigenvalue weighted by Crippen LogP contribution is -2.18. The van der Waals surface area contributed by atoms with Crippen molar-refractivity contribution in [3.8, 4) is 11.5 Å². The highest BCUT2D eigenvalue weighted by Gasteiger charge is 2.37. The molecule has 1 heterocycles. The van der Waals surface area contributed by atoms with Gasteiger partial charge in [-0.2, -0.15) is 0 Å². The van der Waals surface area contributed by atoms with Gasteiger partial charge in [-0.05, 0) is 6.92 Å². The zero-order chi connectivity index (χ0) is 12.5. The normalized spacial score (nSPS) is 11.2. The summed E-state index contributed by atoms with van der Waals surface area (Å²) in [4.78, 5) is 12.6. The smallest absolute Gasteiger partial charge is 0.503 e. The van der Waals surface area contributed by atoms with E-state index in [0.717, 1.165) is 0 Å². The molecule has 88 valence electrons. The highest BCUT2D eigenvalue weighted by molar-refractivity contribution is 5.55. The standard InChI is InChI=1S/C7H5F3N2O4/c1-3-5(13)6(16-7(8,9)10)4(2-11-3)12(14)15/h2,13H,1H3. The van der Waals surface area contributed by atoms with Crippen molar-refractivity contribution in [2.24, 2.45) is 0 Å². The van der Waals surface area contributed by atoms with Crippen LogP contribution in [0.2, 0.25) is 0 Å². The summed E-state index contributed by atoms with van der Waals surface area (Å²) >= 11 is 0. The Bertz CT molecular complexity index is 432. The van der Waals surface area contributed by atoms with Crippen LogP contribution in [0.3, 0.4) is 0 Å². The number of hydrogen-bond acceptors (Lipinski definition) is 5. The van der Waals surface area contributed by atoms with Crippen molar-refractivity contribution in [2.45, 2.75) is 13.3 Å². The fraction of sp³-hybridized carbons (Fsp3) is 0.286. The first-order valence-corrected chi connectivity index (χ1v) is 3.81. The van der Waals surface area contributed by atoms with Crippen LogP contribution in [0.25, 0.3) is 0 Å². The molecule has 9 heteroatoms. The van der Waals surface area contributed by atoms with Crippen LogP contribution < -0.4 is 4.74 Å². The van der Waals surface area contributed by atoms with E-state index in [2.05, 4.69) is 9.72 Å². The number of nitrogens with zero attached hydrogens (tertiary/aromatic N) is 2. The fourth-order valence-electron chi connectivity index (χ4n) is 0.910. The third kappa shape index (κ3) is 2.49. The van der Waals surface area contributed by atoms with Crippen molar-refractivity contribution in [2.75, 3.05) is 0 Å². The average Bonchev–Trinajstić information content (AvgIpc) is 2.10. The molecule has 0 aliphatic rings. The zero-order valence-electron chi connectivity index (χ0n) is 7.78. The summed E-state index contributed by atoms with van der Waals surface area (Å²) in [6.45, 7) is 1.18. The lowest BCUT2D eigenvalue weighted by Gasteiger charge is -2.10. The van der Waals surface area contributed by atoms with Gasteiger partial charge in [0, 0.05) is 0 Å². The SMILES string of the molecule is Cc1ncc([N+](=O)[O-])c(OC(F)(F)F)c1O. The molecule has 1 aromatic rings. The molecule has 0 radical (unpaired) electrons. The van der Waals surface area contributed by atoms with Crippen LogP contribution in [0.15, 0.2) is 6.20 Å². The molecular weight excluding hydrogens is 233 g/mol. The zero-order valence-corrected chi connectivity index (χ0v) is 7.78. The van der Waals surface area contributed by atoms with Crippen LogP contribution in [0, 0.1) is 17.0 Å². The van der Waals surface area contributed by atoms with Crippen molar-refractivity contribution < 1.29 is 27.9 Å². The van der Waals surface area contributed by atoms with Gasteiger partial charge in [0.05, 0.1) is 10.6 Å². The quantitative estimate of drug-likeness (QED) is 0.628. The number of hydrogen-bond donors (Lipinski definition) is 1. The number of aromatic hydroxyl groups is 1. The highest BCUT2D eigenvalue weighted by atomic mass is 19.4. The molecule has 1 aromatic heterocycles. The second kappa shape index (κ2) is 3.83. The van der Waals surface area contributed by atoms with Gasteiger partial charge in [-0.3, -0.25) is 15.1 Å². The molecule has 6 nitrogen and oxygen atoms in total. The number of halogens is 3. The van der Waals surface area contributed by atoms with Gasteiger partial charge in [-0.15, -0.1) is 13.2 Å². The number of ether oxygens (including phenoxy) is 1. The van der Waals surface area contributed by atoms with Crippen molar-refractivity contribution in [3.63, 3.8) is 0 Å². The molecule has 0 saturated carbocycles. The van der Waals surface area contributed by atoms with Gasteiger partial charge in [0.25, 0.3) is 5.75 Å². The number of pyridine rings is 1. The fourth-order valence-corrected chi connectivity index (χ4v) is 0.910. The minimum Gasteiger partial charge on any atom is -0.503 e. The number of alkyl halides is 3. The maximum absolute atomic E-state index is 11.9. The Hall–Kier alpha value is -2.06. The monoisotopic (exact) mass is 238 g/mol. The summed E-state index contributed by atoms with van der Waals surface area (Å²) in [5.74, 6) is -2.27. The van der Waals surface area contributed by atoms with E-state index >= 15 is 0 Å². The third-order valence-electron chi connectivity index (χ3n) is 1.59.